The topological polar surface area (TPSA) is 69.2 Å². The van der Waals surface area contributed by atoms with E-state index in [9.17, 15) is 15.3 Å². The molecule has 0 aliphatic heterocycles. The maximum absolute atomic E-state index is 10.6. The van der Waals surface area contributed by atoms with E-state index in [-0.39, 0.29) is 0 Å². The van der Waals surface area contributed by atoms with Gasteiger partial charge in [0.15, 0.2) is 0 Å². The van der Waals surface area contributed by atoms with E-state index < -0.39 is 16.8 Å². The van der Waals surface area contributed by atoms with E-state index in [2.05, 4.69) is 58.4 Å². The monoisotopic (exact) mass is 410 g/mol. The van der Waals surface area contributed by atoms with Crippen LogP contribution in [0.5, 0.6) is 0 Å². The Morgan fingerprint density at radius 3 is 1.15 bits per heavy atom. The summed E-state index contributed by atoms with van der Waals surface area (Å²) in [6.45, 7) is 20.2. The first-order chi connectivity index (χ1) is 12.1. The van der Waals surface area contributed by atoms with Gasteiger partial charge in [-0.3, -0.25) is 0 Å². The number of rotatable bonds is 6. The first-order valence-corrected chi connectivity index (χ1v) is 9.87. The third kappa shape index (κ3) is 41.0. The zero-order valence-corrected chi connectivity index (χ0v) is 19.7. The van der Waals surface area contributed by atoms with Gasteiger partial charge in [0, 0.05) is 0 Å². The summed E-state index contributed by atoms with van der Waals surface area (Å²) in [7, 11) is 0. The molecule has 0 radical (unpaired) electrons. The van der Waals surface area contributed by atoms with Crippen molar-refractivity contribution >= 4 is 0 Å². The molecule has 1 aliphatic rings. The molecule has 0 aromatic carbocycles. The van der Waals surface area contributed by atoms with E-state index >= 15 is 0 Å². The fourth-order valence-corrected chi connectivity index (χ4v) is 1.82. The van der Waals surface area contributed by atoms with Crippen LogP contribution in [-0.4, -0.2) is 16.8 Å². The Balaban J connectivity index is -0.000000285. The molecule has 0 amide bonds. The second kappa shape index (κ2) is 16.3. The molecule has 0 heterocycles. The van der Waals surface area contributed by atoms with Gasteiger partial charge in [0.25, 0.3) is 0 Å². The van der Waals surface area contributed by atoms with E-state index in [0.29, 0.717) is 19.3 Å². The molecular weight excluding hydrogens is 372 g/mol. The van der Waals surface area contributed by atoms with Crippen LogP contribution in [-0.2, 0) is 20.4 Å². The summed E-state index contributed by atoms with van der Waals surface area (Å²) in [4.78, 5) is 0. The van der Waals surface area contributed by atoms with Crippen LogP contribution < -0.4 is 15.3 Å². The first kappa shape index (κ1) is 31.0. The van der Waals surface area contributed by atoms with Crippen molar-refractivity contribution in [2.75, 3.05) is 0 Å². The van der Waals surface area contributed by atoms with Crippen molar-refractivity contribution in [3.8, 4) is 0 Å². The van der Waals surface area contributed by atoms with Crippen LogP contribution in [0.4, 0.5) is 0 Å². The van der Waals surface area contributed by atoms with Crippen molar-refractivity contribution in [2.24, 2.45) is 0 Å². The molecule has 4 heteroatoms. The Labute approximate surface area is 179 Å². The number of hydrogen-bond acceptors (Lipinski definition) is 3. The molecule has 3 nitrogen and oxygen atoms in total. The summed E-state index contributed by atoms with van der Waals surface area (Å²) in [5.41, 5.74) is -2.45. The van der Waals surface area contributed by atoms with Gasteiger partial charge >= 0.3 is 49.0 Å². The van der Waals surface area contributed by atoms with Crippen molar-refractivity contribution in [2.45, 2.75) is 84.0 Å². The van der Waals surface area contributed by atoms with Gasteiger partial charge in [-0.15, -0.1) is 36.5 Å². The molecule has 0 saturated heterocycles. The molecule has 0 spiro atoms. The van der Waals surface area contributed by atoms with Gasteiger partial charge in [0.05, 0.1) is 0 Å². The molecule has 0 aromatic rings. The maximum atomic E-state index is 10.6. The van der Waals surface area contributed by atoms with Crippen LogP contribution in [0.1, 0.15) is 67.2 Å². The molecule has 1 aliphatic carbocycles. The Kier molecular flexibility index (Phi) is 18.7. The fraction of sp³-hybridized carbons (Fsp3) is 0.565. The van der Waals surface area contributed by atoms with E-state index in [4.69, 9.17) is 0 Å². The summed E-state index contributed by atoms with van der Waals surface area (Å²) in [5, 5.41) is 31.9. The molecule has 0 unspecified atom stereocenters. The van der Waals surface area contributed by atoms with E-state index in [1.165, 1.54) is 10.3 Å². The van der Waals surface area contributed by atoms with Gasteiger partial charge in [-0.2, -0.15) is 0 Å². The Morgan fingerprint density at radius 2 is 1.11 bits per heavy atom. The van der Waals surface area contributed by atoms with Gasteiger partial charge in [-0.1, -0.05) is 59.8 Å². The normalized spacial score (nSPS) is 12.9. The summed E-state index contributed by atoms with van der Waals surface area (Å²) < 4.78 is 1.47. The second-order valence-corrected chi connectivity index (χ2v) is 9.08. The molecule has 0 aromatic heterocycles. The van der Waals surface area contributed by atoms with Crippen LogP contribution >= 0.6 is 0 Å². The van der Waals surface area contributed by atoms with E-state index in [1.54, 1.807) is 59.8 Å². The quantitative estimate of drug-likeness (QED) is 0.497. The van der Waals surface area contributed by atoms with Crippen LogP contribution in [0.2, 0.25) is 0 Å². The molecule has 1 rings (SSSR count). The molecule has 0 fully saturated rings. The predicted molar refractivity (Wildman–Crippen MR) is 109 cm³/mol. The molecule has 0 bridgehead atoms. The molecule has 27 heavy (non-hydrogen) atoms. The van der Waals surface area contributed by atoms with E-state index in [1.807, 2.05) is 0 Å². The third-order valence-corrected chi connectivity index (χ3v) is 3.26. The standard InChI is InChI=1S/3C6H11O.C5H5.Ti/c3*1-4-5-6(2,3)7;1-2-4-5-3-1;/h3*4H,1,5H2,2-3H3;1-3H,4H2;/q3*-1;;+3. The van der Waals surface area contributed by atoms with Crippen LogP contribution in [0.15, 0.2) is 60.1 Å². The zero-order chi connectivity index (χ0) is 22.1. The Morgan fingerprint density at radius 1 is 0.815 bits per heavy atom. The first-order valence-electron chi connectivity index (χ1n) is 9.09. The summed E-state index contributed by atoms with van der Waals surface area (Å²) >= 11 is 2.14. The average molecular weight is 410 g/mol. The molecule has 0 atom stereocenters. The minimum atomic E-state index is -0.818. The van der Waals surface area contributed by atoms with Gasteiger partial charge < -0.3 is 15.3 Å². The van der Waals surface area contributed by atoms with Gasteiger partial charge in [-0.05, 0) is 19.3 Å². The minimum absolute atomic E-state index is 0.549. The average Bonchev–Trinajstić information content (AvgIpc) is 2.87. The van der Waals surface area contributed by atoms with Gasteiger partial charge in [0.2, 0.25) is 0 Å². The van der Waals surface area contributed by atoms with E-state index in [0.717, 1.165) is 0 Å². The van der Waals surface area contributed by atoms with Crippen molar-refractivity contribution in [3.05, 3.63) is 60.1 Å². The molecule has 0 N–H and O–H groups in total. The Hall–Kier alpha value is -0.706. The van der Waals surface area contributed by atoms with Crippen molar-refractivity contribution in [1.82, 2.24) is 0 Å². The third-order valence-electron chi connectivity index (χ3n) is 2.68. The SMILES string of the molecule is C=CCC(C)(C)[O-].C=CCC(C)(C)[O-].C=CCC(C)(C)[O-].[Ti+3][C]1=CC=CC1. The van der Waals surface area contributed by atoms with Crippen molar-refractivity contribution in [1.29, 1.82) is 0 Å². The number of allylic oxidation sites excluding steroid dienone is 4. The Bertz CT molecular complexity index is 408. The summed E-state index contributed by atoms with van der Waals surface area (Å²) in [6, 6.07) is 0. The van der Waals surface area contributed by atoms with Gasteiger partial charge in [-0.25, -0.2) is 0 Å². The van der Waals surface area contributed by atoms with Gasteiger partial charge in [0.1, 0.15) is 0 Å². The molecule has 152 valence electrons. The second-order valence-electron chi connectivity index (χ2n) is 8.08. The fourth-order valence-electron chi connectivity index (χ4n) is 1.49. The summed E-state index contributed by atoms with van der Waals surface area (Å²) in [6.07, 6.45) is 14.1. The number of hydrogen-bond donors (Lipinski definition) is 0. The van der Waals surface area contributed by atoms with Crippen LogP contribution in [0.3, 0.4) is 0 Å². The van der Waals surface area contributed by atoms with Crippen LogP contribution in [0, 0.1) is 0 Å². The molecule has 0 saturated carbocycles. The molecular formula is C23H38O3Ti. The predicted octanol–water partition coefficient (Wildman–Crippen LogP) is 3.48. The summed E-state index contributed by atoms with van der Waals surface area (Å²) in [5.74, 6) is 0. The van der Waals surface area contributed by atoms with Crippen LogP contribution in [0.25, 0.3) is 0 Å². The van der Waals surface area contributed by atoms with Crippen molar-refractivity contribution in [3.63, 3.8) is 0 Å². The van der Waals surface area contributed by atoms with Crippen molar-refractivity contribution < 1.29 is 35.8 Å². The zero-order valence-electron chi connectivity index (χ0n) is 18.1.